The summed E-state index contributed by atoms with van der Waals surface area (Å²) >= 11 is 14.3. The summed E-state index contributed by atoms with van der Waals surface area (Å²) in [6.07, 6.45) is 1.50. The van der Waals surface area contributed by atoms with Gasteiger partial charge in [0.25, 0.3) is 5.91 Å². The van der Waals surface area contributed by atoms with Crippen LogP contribution in [0.3, 0.4) is 0 Å². The van der Waals surface area contributed by atoms with E-state index in [1.54, 1.807) is 42.5 Å². The fraction of sp³-hybridized carbons (Fsp3) is 0.0435. The van der Waals surface area contributed by atoms with Crippen LogP contribution in [0.15, 0.2) is 72.3 Å². The lowest BCUT2D eigenvalue weighted by Gasteiger charge is -2.08. The van der Waals surface area contributed by atoms with Gasteiger partial charge in [0.15, 0.2) is 0 Å². The first kappa shape index (κ1) is 22.2. The highest BCUT2D eigenvalue weighted by molar-refractivity contribution is 14.1. The molecular weight excluding hydrogens is 534 g/mol. The fourth-order valence-corrected chi connectivity index (χ4v) is 3.22. The number of amides is 1. The Labute approximate surface area is 198 Å². The van der Waals surface area contributed by atoms with Gasteiger partial charge in [-0.15, -0.1) is 0 Å². The van der Waals surface area contributed by atoms with Gasteiger partial charge in [0.05, 0.1) is 15.7 Å². The fourth-order valence-electron chi connectivity index (χ4n) is 2.51. The van der Waals surface area contributed by atoms with Crippen molar-refractivity contribution >= 4 is 63.5 Å². The molecule has 4 nitrogen and oxygen atoms in total. The third kappa shape index (κ3) is 5.99. The maximum atomic E-state index is 12.4. The second kappa shape index (κ2) is 10.5. The van der Waals surface area contributed by atoms with Crippen molar-refractivity contribution in [2.45, 2.75) is 6.61 Å². The summed E-state index contributed by atoms with van der Waals surface area (Å²) in [5, 5.41) is 12.5. The number of ether oxygens (including phenoxy) is 1. The lowest BCUT2D eigenvalue weighted by molar-refractivity contribution is -0.112. The zero-order valence-corrected chi connectivity index (χ0v) is 19.2. The van der Waals surface area contributed by atoms with E-state index in [-0.39, 0.29) is 10.6 Å². The Morgan fingerprint density at radius 1 is 1.07 bits per heavy atom. The molecule has 0 heterocycles. The molecule has 0 aromatic heterocycles. The Kier molecular flexibility index (Phi) is 7.75. The highest BCUT2D eigenvalue weighted by Crippen LogP contribution is 2.29. The van der Waals surface area contributed by atoms with E-state index < -0.39 is 5.91 Å². The highest BCUT2D eigenvalue weighted by atomic mass is 127. The molecule has 0 bridgehead atoms. The molecule has 30 heavy (non-hydrogen) atoms. The van der Waals surface area contributed by atoms with Crippen LogP contribution in [0.25, 0.3) is 6.08 Å². The molecule has 0 saturated carbocycles. The van der Waals surface area contributed by atoms with Crippen LogP contribution < -0.4 is 10.1 Å². The molecule has 0 atom stereocenters. The molecule has 0 spiro atoms. The standard InChI is InChI=1S/C23H15Cl2IN2O2/c24-20-2-1-3-21(22(20)25)28-23(29)17(13-27)12-15-6-10-19(11-7-15)30-14-16-4-8-18(26)9-5-16/h1-12H,14H2,(H,28,29)/b17-12-. The SMILES string of the molecule is N#C/C(=C/c1ccc(OCc2ccc(I)cc2)cc1)C(=O)Nc1cccc(Cl)c1Cl. The summed E-state index contributed by atoms with van der Waals surface area (Å²) < 4.78 is 6.94. The molecule has 0 fully saturated rings. The summed E-state index contributed by atoms with van der Waals surface area (Å²) in [7, 11) is 0. The van der Waals surface area contributed by atoms with Gasteiger partial charge in [-0.2, -0.15) is 5.26 Å². The van der Waals surface area contributed by atoms with Crippen LogP contribution in [0, 0.1) is 14.9 Å². The molecular formula is C23H15Cl2IN2O2. The number of nitriles is 1. The molecule has 1 amide bonds. The smallest absolute Gasteiger partial charge is 0.266 e. The molecule has 1 N–H and O–H groups in total. The number of hydrogen-bond donors (Lipinski definition) is 1. The van der Waals surface area contributed by atoms with Crippen molar-refractivity contribution in [3.05, 3.63) is 97.0 Å². The van der Waals surface area contributed by atoms with E-state index in [1.807, 2.05) is 30.3 Å². The maximum absolute atomic E-state index is 12.4. The summed E-state index contributed by atoms with van der Waals surface area (Å²) in [4.78, 5) is 12.4. The number of carbonyl (C=O) groups is 1. The second-order valence-corrected chi connectivity index (χ2v) is 8.24. The lowest BCUT2D eigenvalue weighted by atomic mass is 10.1. The Hall–Kier alpha value is -2.53. The predicted molar refractivity (Wildman–Crippen MR) is 129 cm³/mol. The van der Waals surface area contributed by atoms with Gasteiger partial charge in [0, 0.05) is 3.57 Å². The minimum absolute atomic E-state index is 0.0569. The van der Waals surface area contributed by atoms with Gasteiger partial charge in [0.1, 0.15) is 24.0 Å². The Morgan fingerprint density at radius 2 is 1.77 bits per heavy atom. The minimum Gasteiger partial charge on any atom is -0.489 e. The molecule has 3 aromatic rings. The van der Waals surface area contributed by atoms with Gasteiger partial charge >= 0.3 is 0 Å². The van der Waals surface area contributed by atoms with Crippen LogP contribution in [-0.2, 0) is 11.4 Å². The lowest BCUT2D eigenvalue weighted by Crippen LogP contribution is -2.13. The van der Waals surface area contributed by atoms with Crippen molar-refractivity contribution in [1.29, 1.82) is 5.26 Å². The van der Waals surface area contributed by atoms with Crippen molar-refractivity contribution < 1.29 is 9.53 Å². The number of anilines is 1. The van der Waals surface area contributed by atoms with E-state index in [0.29, 0.717) is 28.6 Å². The van der Waals surface area contributed by atoms with E-state index >= 15 is 0 Å². The van der Waals surface area contributed by atoms with Crippen LogP contribution in [0.4, 0.5) is 5.69 Å². The zero-order chi connectivity index (χ0) is 21.5. The van der Waals surface area contributed by atoms with Gasteiger partial charge in [-0.05, 0) is 76.2 Å². The highest BCUT2D eigenvalue weighted by Gasteiger charge is 2.12. The first-order valence-corrected chi connectivity index (χ1v) is 10.6. The number of rotatable bonds is 6. The Morgan fingerprint density at radius 3 is 2.43 bits per heavy atom. The van der Waals surface area contributed by atoms with Crippen LogP contribution in [0.5, 0.6) is 5.75 Å². The third-order valence-electron chi connectivity index (χ3n) is 4.07. The number of carbonyl (C=O) groups excluding carboxylic acids is 1. The van der Waals surface area contributed by atoms with E-state index in [1.165, 1.54) is 9.65 Å². The van der Waals surface area contributed by atoms with Crippen LogP contribution in [0.1, 0.15) is 11.1 Å². The summed E-state index contributed by atoms with van der Waals surface area (Å²) in [5.41, 5.74) is 2.05. The van der Waals surface area contributed by atoms with E-state index in [4.69, 9.17) is 27.9 Å². The number of halogens is 3. The quantitative estimate of drug-likeness (QED) is 0.211. The van der Waals surface area contributed by atoms with Crippen molar-refractivity contribution in [2.75, 3.05) is 5.32 Å². The third-order valence-corrected chi connectivity index (χ3v) is 5.61. The van der Waals surface area contributed by atoms with E-state index in [2.05, 4.69) is 27.9 Å². The van der Waals surface area contributed by atoms with Gasteiger partial charge in [0.2, 0.25) is 0 Å². The van der Waals surface area contributed by atoms with Crippen LogP contribution >= 0.6 is 45.8 Å². The molecule has 7 heteroatoms. The largest absolute Gasteiger partial charge is 0.489 e. The van der Waals surface area contributed by atoms with Crippen molar-refractivity contribution in [1.82, 2.24) is 0 Å². The molecule has 0 unspecified atom stereocenters. The number of hydrogen-bond acceptors (Lipinski definition) is 3. The zero-order valence-electron chi connectivity index (χ0n) is 15.5. The maximum Gasteiger partial charge on any atom is 0.266 e. The summed E-state index contributed by atoms with van der Waals surface area (Å²) in [6.45, 7) is 0.457. The molecule has 0 aliphatic carbocycles. The van der Waals surface area contributed by atoms with Crippen LogP contribution in [0.2, 0.25) is 10.0 Å². The molecule has 3 aromatic carbocycles. The van der Waals surface area contributed by atoms with Gasteiger partial charge in [-0.3, -0.25) is 4.79 Å². The van der Waals surface area contributed by atoms with Crippen molar-refractivity contribution in [3.8, 4) is 11.8 Å². The summed E-state index contributed by atoms with van der Waals surface area (Å²) in [5.74, 6) is 0.125. The predicted octanol–water partition coefficient (Wildman–Crippen LogP) is 6.72. The minimum atomic E-state index is -0.569. The topological polar surface area (TPSA) is 62.1 Å². The Bertz CT molecular complexity index is 1120. The van der Waals surface area contributed by atoms with E-state index in [0.717, 1.165) is 5.56 Å². The second-order valence-electron chi connectivity index (χ2n) is 6.21. The van der Waals surface area contributed by atoms with Gasteiger partial charge in [-0.1, -0.05) is 53.5 Å². The first-order valence-electron chi connectivity index (χ1n) is 8.81. The normalized spacial score (nSPS) is 10.9. The number of nitrogens with one attached hydrogen (secondary N) is 1. The number of nitrogens with zero attached hydrogens (tertiary/aromatic N) is 1. The molecule has 0 aliphatic rings. The molecule has 150 valence electrons. The van der Waals surface area contributed by atoms with E-state index in [9.17, 15) is 10.1 Å². The van der Waals surface area contributed by atoms with Crippen molar-refractivity contribution in [2.24, 2.45) is 0 Å². The Balaban J connectivity index is 1.66. The van der Waals surface area contributed by atoms with Gasteiger partial charge in [-0.25, -0.2) is 0 Å². The first-order chi connectivity index (χ1) is 14.5. The monoisotopic (exact) mass is 548 g/mol. The average molecular weight is 549 g/mol. The summed E-state index contributed by atoms with van der Waals surface area (Å²) in [6, 6.07) is 22.0. The molecule has 0 saturated heterocycles. The molecule has 0 aliphatic heterocycles. The molecule has 0 radical (unpaired) electrons. The van der Waals surface area contributed by atoms with Crippen LogP contribution in [-0.4, -0.2) is 5.91 Å². The molecule has 3 rings (SSSR count). The number of benzene rings is 3. The average Bonchev–Trinajstić information content (AvgIpc) is 2.75. The van der Waals surface area contributed by atoms with Crippen molar-refractivity contribution in [3.63, 3.8) is 0 Å². The van der Waals surface area contributed by atoms with Gasteiger partial charge < -0.3 is 10.1 Å².